The van der Waals surface area contributed by atoms with Crippen LogP contribution in [0.2, 0.25) is 10.0 Å². The van der Waals surface area contributed by atoms with Gasteiger partial charge in [0.05, 0.1) is 25.3 Å². The number of likely N-dealkylation sites (tertiary alicyclic amines) is 1. The Labute approximate surface area is 197 Å². The van der Waals surface area contributed by atoms with Crippen LogP contribution in [-0.4, -0.2) is 49.3 Å². The standard InChI is InChI=1S/C22H23Cl2NO5.ClH/c1-28-18-5-4-17(23)15(21(18)24)12-29-14-2-3-16-19(10-14)30-13-22(16)6-8-25(9-7-22)11-20(26)27;/h2-5,10H,6-9,11-13H2,1H3,(H,26,27);1H. The minimum Gasteiger partial charge on any atom is -0.495 e. The van der Waals surface area contributed by atoms with Gasteiger partial charge in [-0.2, -0.15) is 0 Å². The molecule has 0 saturated carbocycles. The van der Waals surface area contributed by atoms with E-state index in [9.17, 15) is 4.79 Å². The third-order valence-corrected chi connectivity index (χ3v) is 6.72. The molecule has 2 aliphatic heterocycles. The molecule has 6 nitrogen and oxygen atoms in total. The maximum Gasteiger partial charge on any atom is 0.317 e. The second kappa shape index (κ2) is 9.74. The highest BCUT2D eigenvalue weighted by atomic mass is 35.5. The van der Waals surface area contributed by atoms with Crippen LogP contribution in [0.3, 0.4) is 0 Å². The highest BCUT2D eigenvalue weighted by molar-refractivity contribution is 6.36. The molecule has 0 aliphatic carbocycles. The number of carboxylic acid groups (broad SMARTS) is 1. The van der Waals surface area contributed by atoms with Gasteiger partial charge in [-0.3, -0.25) is 9.69 Å². The van der Waals surface area contributed by atoms with Gasteiger partial charge in [0, 0.05) is 27.6 Å². The van der Waals surface area contributed by atoms with E-state index in [-0.39, 0.29) is 31.0 Å². The largest absolute Gasteiger partial charge is 0.495 e. The lowest BCUT2D eigenvalue weighted by atomic mass is 9.74. The molecule has 2 aromatic carbocycles. The summed E-state index contributed by atoms with van der Waals surface area (Å²) < 4.78 is 17.2. The molecule has 4 rings (SSSR count). The number of rotatable bonds is 6. The van der Waals surface area contributed by atoms with Gasteiger partial charge in [0.15, 0.2) is 0 Å². The minimum atomic E-state index is -0.785. The van der Waals surface area contributed by atoms with Gasteiger partial charge in [-0.15, -0.1) is 12.4 Å². The van der Waals surface area contributed by atoms with Gasteiger partial charge in [0.2, 0.25) is 0 Å². The number of hydrogen-bond donors (Lipinski definition) is 1. The summed E-state index contributed by atoms with van der Waals surface area (Å²) in [5, 5.41) is 9.96. The van der Waals surface area contributed by atoms with E-state index in [1.165, 1.54) is 5.56 Å². The fraction of sp³-hybridized carbons (Fsp3) is 0.409. The van der Waals surface area contributed by atoms with Crippen LogP contribution in [0.25, 0.3) is 0 Å². The molecular formula is C22H24Cl3NO5. The van der Waals surface area contributed by atoms with Crippen LogP contribution >= 0.6 is 35.6 Å². The van der Waals surface area contributed by atoms with Crippen LogP contribution in [0.5, 0.6) is 17.2 Å². The maximum absolute atomic E-state index is 11.0. The summed E-state index contributed by atoms with van der Waals surface area (Å²) in [5.41, 5.74) is 1.78. The van der Waals surface area contributed by atoms with Gasteiger partial charge in [-0.25, -0.2) is 0 Å². The van der Waals surface area contributed by atoms with Crippen molar-refractivity contribution in [3.05, 3.63) is 51.5 Å². The van der Waals surface area contributed by atoms with E-state index in [0.717, 1.165) is 31.7 Å². The first-order valence-corrected chi connectivity index (χ1v) is 10.5. The summed E-state index contributed by atoms with van der Waals surface area (Å²) in [4.78, 5) is 12.9. The zero-order chi connectivity index (χ0) is 21.3. The summed E-state index contributed by atoms with van der Waals surface area (Å²) in [7, 11) is 1.56. The van der Waals surface area contributed by atoms with E-state index < -0.39 is 5.97 Å². The predicted molar refractivity (Wildman–Crippen MR) is 122 cm³/mol. The van der Waals surface area contributed by atoms with Gasteiger partial charge < -0.3 is 19.3 Å². The number of aliphatic carboxylic acids is 1. The van der Waals surface area contributed by atoms with E-state index in [2.05, 4.69) is 6.07 Å². The number of carbonyl (C=O) groups is 1. The smallest absolute Gasteiger partial charge is 0.317 e. The normalized spacial score (nSPS) is 16.9. The summed E-state index contributed by atoms with van der Waals surface area (Å²) in [6.45, 7) is 2.41. The van der Waals surface area contributed by atoms with Crippen molar-refractivity contribution < 1.29 is 24.1 Å². The Morgan fingerprint density at radius 1 is 1.23 bits per heavy atom. The third kappa shape index (κ3) is 4.82. The minimum absolute atomic E-state index is 0. The van der Waals surface area contributed by atoms with Crippen molar-refractivity contribution in [1.29, 1.82) is 0 Å². The fourth-order valence-corrected chi connectivity index (χ4v) is 4.77. The molecule has 0 amide bonds. The van der Waals surface area contributed by atoms with Crippen LogP contribution in [-0.2, 0) is 16.8 Å². The SMILES string of the molecule is COc1ccc(Cl)c(COc2ccc3c(c2)OCC32CCN(CC(=O)O)CC2)c1Cl.Cl. The number of carboxylic acids is 1. The molecule has 2 heterocycles. The van der Waals surface area contributed by atoms with Gasteiger partial charge >= 0.3 is 5.97 Å². The number of benzene rings is 2. The lowest BCUT2D eigenvalue weighted by molar-refractivity contribution is -0.138. The highest BCUT2D eigenvalue weighted by Gasteiger charge is 2.43. The summed E-state index contributed by atoms with van der Waals surface area (Å²) in [5.74, 6) is 1.26. The van der Waals surface area contributed by atoms with E-state index >= 15 is 0 Å². The van der Waals surface area contributed by atoms with E-state index in [4.69, 9.17) is 42.5 Å². The lowest BCUT2D eigenvalue weighted by Crippen LogP contribution is -2.45. The quantitative estimate of drug-likeness (QED) is 0.629. The Balaban J connectivity index is 0.00000272. The Morgan fingerprint density at radius 2 is 1.97 bits per heavy atom. The number of methoxy groups -OCH3 is 1. The number of ether oxygens (including phenoxy) is 3. The van der Waals surface area contributed by atoms with Crippen molar-refractivity contribution >= 4 is 41.6 Å². The van der Waals surface area contributed by atoms with Gasteiger partial charge in [0.1, 0.15) is 23.9 Å². The molecule has 0 radical (unpaired) electrons. The summed E-state index contributed by atoms with van der Waals surface area (Å²) in [6, 6.07) is 9.34. The monoisotopic (exact) mass is 487 g/mol. The molecule has 1 N–H and O–H groups in total. The second-order valence-electron chi connectivity index (χ2n) is 7.73. The lowest BCUT2D eigenvalue weighted by Gasteiger charge is -2.37. The summed E-state index contributed by atoms with van der Waals surface area (Å²) in [6.07, 6.45) is 1.75. The van der Waals surface area contributed by atoms with Crippen LogP contribution < -0.4 is 14.2 Å². The van der Waals surface area contributed by atoms with E-state index in [0.29, 0.717) is 33.7 Å². The zero-order valence-electron chi connectivity index (χ0n) is 17.0. The fourth-order valence-electron chi connectivity index (χ4n) is 4.21. The maximum atomic E-state index is 11.0. The Hall–Kier alpha value is -1.86. The van der Waals surface area contributed by atoms with Gasteiger partial charge in [-0.05, 0) is 44.1 Å². The molecule has 0 aromatic heterocycles. The van der Waals surface area contributed by atoms with E-state index in [1.54, 1.807) is 19.2 Å². The number of hydrogen-bond acceptors (Lipinski definition) is 5. The molecule has 31 heavy (non-hydrogen) atoms. The Morgan fingerprint density at radius 3 is 2.65 bits per heavy atom. The van der Waals surface area contributed by atoms with Crippen molar-refractivity contribution in [2.75, 3.05) is 33.4 Å². The van der Waals surface area contributed by atoms with Crippen LogP contribution in [0.1, 0.15) is 24.0 Å². The molecule has 0 bridgehead atoms. The molecule has 1 saturated heterocycles. The molecule has 2 aliphatic rings. The average molecular weight is 489 g/mol. The predicted octanol–water partition coefficient (Wildman–Crippen LogP) is 4.81. The van der Waals surface area contributed by atoms with Crippen molar-refractivity contribution in [3.8, 4) is 17.2 Å². The zero-order valence-corrected chi connectivity index (χ0v) is 19.4. The van der Waals surface area contributed by atoms with E-state index in [1.807, 2.05) is 17.0 Å². The first kappa shape index (κ1) is 23.8. The number of nitrogens with zero attached hydrogens (tertiary/aromatic N) is 1. The highest BCUT2D eigenvalue weighted by Crippen LogP contribution is 2.46. The van der Waals surface area contributed by atoms with Crippen LogP contribution in [0.15, 0.2) is 30.3 Å². The summed E-state index contributed by atoms with van der Waals surface area (Å²) >= 11 is 12.6. The molecule has 2 aromatic rings. The Bertz CT molecular complexity index is 960. The van der Waals surface area contributed by atoms with Crippen molar-refractivity contribution in [3.63, 3.8) is 0 Å². The van der Waals surface area contributed by atoms with Crippen molar-refractivity contribution in [2.24, 2.45) is 0 Å². The molecule has 9 heteroatoms. The molecule has 0 unspecified atom stereocenters. The van der Waals surface area contributed by atoms with Crippen LogP contribution in [0, 0.1) is 0 Å². The molecule has 168 valence electrons. The topological polar surface area (TPSA) is 68.2 Å². The first-order chi connectivity index (χ1) is 14.4. The van der Waals surface area contributed by atoms with Gasteiger partial charge in [-0.1, -0.05) is 29.3 Å². The number of piperidine rings is 1. The Kier molecular flexibility index (Phi) is 7.47. The number of fused-ring (bicyclic) bond motifs is 2. The molecular weight excluding hydrogens is 465 g/mol. The van der Waals surface area contributed by atoms with Crippen molar-refractivity contribution in [2.45, 2.75) is 24.9 Å². The molecule has 1 fully saturated rings. The van der Waals surface area contributed by atoms with Crippen molar-refractivity contribution in [1.82, 2.24) is 4.90 Å². The average Bonchev–Trinajstić information content (AvgIpc) is 3.07. The van der Waals surface area contributed by atoms with Gasteiger partial charge in [0.25, 0.3) is 0 Å². The first-order valence-electron chi connectivity index (χ1n) is 9.77. The third-order valence-electron chi connectivity index (χ3n) is 5.95. The van der Waals surface area contributed by atoms with Crippen LogP contribution in [0.4, 0.5) is 0 Å². The second-order valence-corrected chi connectivity index (χ2v) is 8.51. The number of halogens is 3. The molecule has 0 atom stereocenters. The molecule has 1 spiro atoms.